The van der Waals surface area contributed by atoms with Crippen LogP contribution in [-0.2, 0) is 0 Å². The summed E-state index contributed by atoms with van der Waals surface area (Å²) in [5.74, 6) is 1.36. The predicted octanol–water partition coefficient (Wildman–Crippen LogP) is 3.52. The van der Waals surface area contributed by atoms with Crippen LogP contribution in [0.3, 0.4) is 0 Å². The molecule has 1 aromatic rings. The Bertz CT molecular complexity index is 407. The van der Waals surface area contributed by atoms with E-state index in [-0.39, 0.29) is 5.78 Å². The van der Waals surface area contributed by atoms with Crippen LogP contribution in [0.4, 0.5) is 0 Å². The van der Waals surface area contributed by atoms with Crippen molar-refractivity contribution in [2.24, 2.45) is 0 Å². The first-order valence-corrected chi connectivity index (χ1v) is 8.43. The van der Waals surface area contributed by atoms with Crippen molar-refractivity contribution in [3.8, 4) is 0 Å². The van der Waals surface area contributed by atoms with Crippen molar-refractivity contribution in [1.82, 2.24) is 4.90 Å². The standard InChI is InChI=1S/C12H16BrNOS2/c1-8-9(2)16-6-4-14(8)7-11(15)12-10(13)3-5-17-12/h3,5,8-9H,4,6-7H2,1-2H3. The molecular formula is C12H16BrNOS2. The van der Waals surface area contributed by atoms with E-state index in [1.807, 2.05) is 23.2 Å². The highest BCUT2D eigenvalue weighted by Gasteiger charge is 2.27. The lowest BCUT2D eigenvalue weighted by molar-refractivity contribution is 0.0905. The maximum Gasteiger partial charge on any atom is 0.187 e. The van der Waals surface area contributed by atoms with Gasteiger partial charge in [-0.25, -0.2) is 0 Å². The van der Waals surface area contributed by atoms with E-state index in [4.69, 9.17) is 0 Å². The van der Waals surface area contributed by atoms with Crippen molar-refractivity contribution in [3.63, 3.8) is 0 Å². The summed E-state index contributed by atoms with van der Waals surface area (Å²) in [5, 5.41) is 2.57. The van der Waals surface area contributed by atoms with E-state index in [1.165, 1.54) is 11.3 Å². The fraction of sp³-hybridized carbons (Fsp3) is 0.583. The Morgan fingerprint density at radius 1 is 1.59 bits per heavy atom. The van der Waals surface area contributed by atoms with Crippen molar-refractivity contribution in [3.05, 3.63) is 20.8 Å². The van der Waals surface area contributed by atoms with Gasteiger partial charge in [0.15, 0.2) is 5.78 Å². The summed E-state index contributed by atoms with van der Waals surface area (Å²) in [7, 11) is 0. The summed E-state index contributed by atoms with van der Waals surface area (Å²) >= 11 is 6.94. The molecule has 5 heteroatoms. The first-order chi connectivity index (χ1) is 8.09. The number of ketones is 1. The van der Waals surface area contributed by atoms with Gasteiger partial charge in [0.1, 0.15) is 0 Å². The third-order valence-electron chi connectivity index (χ3n) is 3.23. The van der Waals surface area contributed by atoms with Crippen LogP contribution in [0.25, 0.3) is 0 Å². The van der Waals surface area contributed by atoms with Gasteiger partial charge in [-0.3, -0.25) is 9.69 Å². The third kappa shape index (κ3) is 3.13. The molecule has 94 valence electrons. The summed E-state index contributed by atoms with van der Waals surface area (Å²) in [6.07, 6.45) is 0. The Morgan fingerprint density at radius 3 is 3.00 bits per heavy atom. The second-order valence-electron chi connectivity index (χ2n) is 4.31. The number of carbonyl (C=O) groups is 1. The fourth-order valence-electron chi connectivity index (χ4n) is 1.97. The van der Waals surface area contributed by atoms with Crippen molar-refractivity contribution in [2.75, 3.05) is 18.8 Å². The summed E-state index contributed by atoms with van der Waals surface area (Å²) in [5.41, 5.74) is 0. The molecule has 1 aromatic heterocycles. The molecule has 2 heterocycles. The van der Waals surface area contributed by atoms with Gasteiger partial charge in [-0.05, 0) is 34.3 Å². The number of hydrogen-bond donors (Lipinski definition) is 0. The Labute approximate surface area is 119 Å². The molecule has 2 atom stereocenters. The number of thioether (sulfide) groups is 1. The van der Waals surface area contributed by atoms with E-state index in [1.54, 1.807) is 0 Å². The average molecular weight is 334 g/mol. The van der Waals surface area contributed by atoms with Gasteiger partial charge in [0.25, 0.3) is 0 Å². The largest absolute Gasteiger partial charge is 0.292 e. The van der Waals surface area contributed by atoms with Crippen molar-refractivity contribution in [1.29, 1.82) is 0 Å². The summed E-state index contributed by atoms with van der Waals surface area (Å²) in [4.78, 5) is 15.3. The lowest BCUT2D eigenvalue weighted by atomic mass is 10.2. The van der Waals surface area contributed by atoms with Gasteiger partial charge in [-0.15, -0.1) is 11.3 Å². The molecule has 1 saturated heterocycles. The molecule has 0 spiro atoms. The first-order valence-electron chi connectivity index (χ1n) is 5.71. The molecule has 0 bridgehead atoms. The van der Waals surface area contributed by atoms with E-state index in [9.17, 15) is 4.79 Å². The highest BCUT2D eigenvalue weighted by molar-refractivity contribution is 9.10. The lowest BCUT2D eigenvalue weighted by Crippen LogP contribution is -2.46. The van der Waals surface area contributed by atoms with Crippen LogP contribution in [0.2, 0.25) is 0 Å². The van der Waals surface area contributed by atoms with E-state index in [0.717, 1.165) is 21.6 Å². The minimum absolute atomic E-state index is 0.234. The molecule has 1 fully saturated rings. The monoisotopic (exact) mass is 333 g/mol. The predicted molar refractivity (Wildman–Crippen MR) is 79.3 cm³/mol. The van der Waals surface area contributed by atoms with Gasteiger partial charge < -0.3 is 0 Å². The van der Waals surface area contributed by atoms with E-state index in [0.29, 0.717) is 17.8 Å². The number of rotatable bonds is 3. The fourth-order valence-corrected chi connectivity index (χ4v) is 4.66. The molecule has 2 nitrogen and oxygen atoms in total. The second kappa shape index (κ2) is 5.87. The molecule has 0 aliphatic carbocycles. The Kier molecular flexibility index (Phi) is 4.69. The Balaban J connectivity index is 2.01. The normalized spacial score (nSPS) is 26.1. The molecule has 1 aliphatic rings. The SMILES string of the molecule is CC1SCCN(CC(=O)c2sccc2Br)C1C. The zero-order chi connectivity index (χ0) is 12.4. The van der Waals surface area contributed by atoms with E-state index < -0.39 is 0 Å². The molecule has 0 aromatic carbocycles. The molecule has 0 amide bonds. The average Bonchev–Trinajstić information content (AvgIpc) is 2.71. The van der Waals surface area contributed by atoms with Gasteiger partial charge in [-0.2, -0.15) is 11.8 Å². The van der Waals surface area contributed by atoms with Crippen LogP contribution in [0.5, 0.6) is 0 Å². The number of hydrogen-bond acceptors (Lipinski definition) is 4. The maximum absolute atomic E-state index is 12.2. The van der Waals surface area contributed by atoms with E-state index >= 15 is 0 Å². The van der Waals surface area contributed by atoms with Gasteiger partial charge in [0.2, 0.25) is 0 Å². The van der Waals surface area contributed by atoms with Gasteiger partial charge in [0, 0.05) is 28.1 Å². The zero-order valence-corrected chi connectivity index (χ0v) is 13.2. The number of nitrogens with zero attached hydrogens (tertiary/aromatic N) is 1. The van der Waals surface area contributed by atoms with Gasteiger partial charge in [0.05, 0.1) is 11.4 Å². The van der Waals surface area contributed by atoms with Crippen LogP contribution >= 0.6 is 39.0 Å². The minimum atomic E-state index is 0.234. The minimum Gasteiger partial charge on any atom is -0.292 e. The van der Waals surface area contributed by atoms with Crippen molar-refractivity contribution >= 4 is 44.8 Å². The Morgan fingerprint density at radius 2 is 2.35 bits per heavy atom. The quantitative estimate of drug-likeness (QED) is 0.789. The lowest BCUT2D eigenvalue weighted by Gasteiger charge is -2.36. The van der Waals surface area contributed by atoms with Crippen LogP contribution in [0, 0.1) is 0 Å². The molecule has 17 heavy (non-hydrogen) atoms. The van der Waals surface area contributed by atoms with Crippen LogP contribution in [0.15, 0.2) is 15.9 Å². The van der Waals surface area contributed by atoms with Crippen LogP contribution < -0.4 is 0 Å². The first kappa shape index (κ1) is 13.6. The molecule has 0 N–H and O–H groups in total. The molecule has 2 unspecified atom stereocenters. The topological polar surface area (TPSA) is 20.3 Å². The highest BCUT2D eigenvalue weighted by Crippen LogP contribution is 2.27. The summed E-state index contributed by atoms with van der Waals surface area (Å²) in [6.45, 7) is 6.02. The van der Waals surface area contributed by atoms with Gasteiger partial charge >= 0.3 is 0 Å². The van der Waals surface area contributed by atoms with Crippen LogP contribution in [0.1, 0.15) is 23.5 Å². The second-order valence-corrected chi connectivity index (χ2v) is 7.56. The summed E-state index contributed by atoms with van der Waals surface area (Å²) < 4.78 is 0.930. The third-order valence-corrected chi connectivity index (χ3v) is 6.45. The van der Waals surface area contributed by atoms with Crippen molar-refractivity contribution < 1.29 is 4.79 Å². The number of halogens is 1. The van der Waals surface area contributed by atoms with Gasteiger partial charge in [-0.1, -0.05) is 6.92 Å². The highest BCUT2D eigenvalue weighted by atomic mass is 79.9. The smallest absolute Gasteiger partial charge is 0.187 e. The number of carbonyl (C=O) groups excluding carboxylic acids is 1. The maximum atomic E-state index is 12.2. The van der Waals surface area contributed by atoms with E-state index in [2.05, 4.69) is 34.7 Å². The number of Topliss-reactive ketones (excluding diaryl/α,β-unsaturated/α-hetero) is 1. The van der Waals surface area contributed by atoms with Crippen LogP contribution in [-0.4, -0.2) is 40.8 Å². The summed E-state index contributed by atoms with van der Waals surface area (Å²) in [6, 6.07) is 2.42. The Hall–Kier alpha value is 0.160. The molecule has 0 radical (unpaired) electrons. The van der Waals surface area contributed by atoms with Crippen molar-refractivity contribution in [2.45, 2.75) is 25.1 Å². The zero-order valence-electron chi connectivity index (χ0n) is 9.98. The molecular weight excluding hydrogens is 318 g/mol. The molecule has 0 saturated carbocycles. The molecule has 2 rings (SSSR count). The number of thiophene rings is 1. The molecule has 1 aliphatic heterocycles.